The highest BCUT2D eigenvalue weighted by Crippen LogP contribution is 2.29. The van der Waals surface area contributed by atoms with Crippen LogP contribution in [-0.4, -0.2) is 19.1 Å². The molecule has 0 amide bonds. The molecule has 1 fully saturated rings. The second-order valence-corrected chi connectivity index (χ2v) is 6.83. The number of hydrogen-bond donors (Lipinski definition) is 1. The van der Waals surface area contributed by atoms with Crippen molar-refractivity contribution in [3.8, 4) is 0 Å². The minimum absolute atomic E-state index is 0.0939. The van der Waals surface area contributed by atoms with Gasteiger partial charge in [-0.05, 0) is 49.3 Å². The highest BCUT2D eigenvalue weighted by Gasteiger charge is 2.23. The first kappa shape index (κ1) is 16.3. The van der Waals surface area contributed by atoms with Crippen LogP contribution in [0, 0.1) is 17.7 Å². The van der Waals surface area contributed by atoms with E-state index < -0.39 is 0 Å². The van der Waals surface area contributed by atoms with Crippen molar-refractivity contribution < 1.29 is 4.39 Å². The van der Waals surface area contributed by atoms with Crippen LogP contribution in [0.1, 0.15) is 46.1 Å². The zero-order valence-corrected chi connectivity index (χ0v) is 13.8. The lowest BCUT2D eigenvalue weighted by Crippen LogP contribution is -2.39. The molecule has 2 rings (SSSR count). The fourth-order valence-corrected chi connectivity index (χ4v) is 3.21. The third kappa shape index (κ3) is 4.44. The van der Waals surface area contributed by atoms with Crippen LogP contribution in [0.15, 0.2) is 18.2 Å². The Morgan fingerprint density at radius 3 is 2.57 bits per heavy atom. The zero-order chi connectivity index (χ0) is 15.4. The normalized spacial score (nSPS) is 24.1. The largest absolute Gasteiger partial charge is 0.369 e. The van der Waals surface area contributed by atoms with E-state index in [9.17, 15) is 4.39 Å². The molecule has 1 heterocycles. The van der Waals surface area contributed by atoms with Gasteiger partial charge >= 0.3 is 0 Å². The SMILES string of the molecule is CCC(C)NCc1ccc(F)c(N2CC(C)CC(C)C2)c1. The van der Waals surface area contributed by atoms with Gasteiger partial charge in [0.1, 0.15) is 5.82 Å². The molecule has 0 aromatic heterocycles. The highest BCUT2D eigenvalue weighted by molar-refractivity contribution is 5.50. The smallest absolute Gasteiger partial charge is 0.146 e. The quantitative estimate of drug-likeness (QED) is 0.875. The first-order valence-electron chi connectivity index (χ1n) is 8.26. The van der Waals surface area contributed by atoms with Crippen molar-refractivity contribution in [3.63, 3.8) is 0 Å². The number of benzene rings is 1. The predicted molar refractivity (Wildman–Crippen MR) is 88.2 cm³/mol. The molecule has 1 saturated heterocycles. The third-order valence-corrected chi connectivity index (χ3v) is 4.49. The van der Waals surface area contributed by atoms with Gasteiger partial charge in [-0.3, -0.25) is 0 Å². The summed E-state index contributed by atoms with van der Waals surface area (Å²) in [5.74, 6) is 1.17. The van der Waals surface area contributed by atoms with Gasteiger partial charge in [-0.1, -0.05) is 26.8 Å². The molecule has 1 N–H and O–H groups in total. The van der Waals surface area contributed by atoms with Crippen molar-refractivity contribution >= 4 is 5.69 Å². The molecule has 1 aliphatic heterocycles. The molecule has 3 heteroatoms. The summed E-state index contributed by atoms with van der Waals surface area (Å²) >= 11 is 0. The summed E-state index contributed by atoms with van der Waals surface area (Å²) in [6.45, 7) is 11.6. The van der Waals surface area contributed by atoms with Crippen LogP contribution in [0.5, 0.6) is 0 Å². The second-order valence-electron chi connectivity index (χ2n) is 6.83. The number of rotatable bonds is 5. The molecule has 3 atom stereocenters. The zero-order valence-electron chi connectivity index (χ0n) is 13.8. The maximum absolute atomic E-state index is 14.2. The first-order chi connectivity index (χ1) is 9.99. The number of nitrogens with one attached hydrogen (secondary N) is 1. The molecule has 1 aromatic carbocycles. The predicted octanol–water partition coefficient (Wildman–Crippen LogP) is 4.20. The van der Waals surface area contributed by atoms with Gasteiger partial charge in [-0.2, -0.15) is 0 Å². The summed E-state index contributed by atoms with van der Waals surface area (Å²) in [7, 11) is 0. The van der Waals surface area contributed by atoms with E-state index in [0.717, 1.165) is 37.3 Å². The van der Waals surface area contributed by atoms with E-state index in [1.165, 1.54) is 6.42 Å². The van der Waals surface area contributed by atoms with Crippen LogP contribution in [0.3, 0.4) is 0 Å². The van der Waals surface area contributed by atoms with Gasteiger partial charge in [0.2, 0.25) is 0 Å². The van der Waals surface area contributed by atoms with Crippen LogP contribution >= 0.6 is 0 Å². The van der Waals surface area contributed by atoms with E-state index in [1.54, 1.807) is 6.07 Å². The van der Waals surface area contributed by atoms with Crippen LogP contribution < -0.4 is 10.2 Å². The van der Waals surface area contributed by atoms with Crippen molar-refractivity contribution in [2.75, 3.05) is 18.0 Å². The van der Waals surface area contributed by atoms with E-state index in [1.807, 2.05) is 12.1 Å². The lowest BCUT2D eigenvalue weighted by Gasteiger charge is -2.37. The molecule has 2 nitrogen and oxygen atoms in total. The number of halogens is 1. The average Bonchev–Trinajstić information content (AvgIpc) is 2.45. The summed E-state index contributed by atoms with van der Waals surface area (Å²) < 4.78 is 14.2. The Hall–Kier alpha value is -1.09. The molecular formula is C18H29FN2. The van der Waals surface area contributed by atoms with Crippen LogP contribution in [0.2, 0.25) is 0 Å². The highest BCUT2D eigenvalue weighted by atomic mass is 19.1. The number of piperidine rings is 1. The third-order valence-electron chi connectivity index (χ3n) is 4.49. The standard InChI is InChI=1S/C18H29FN2/c1-5-15(4)20-10-16-6-7-17(19)18(9-16)21-11-13(2)8-14(3)12-21/h6-7,9,13-15,20H,5,8,10-12H2,1-4H3. The van der Waals surface area contributed by atoms with Gasteiger partial charge in [0.05, 0.1) is 5.69 Å². The van der Waals surface area contributed by atoms with Gasteiger partial charge in [-0.15, -0.1) is 0 Å². The van der Waals surface area contributed by atoms with Gasteiger partial charge in [0.15, 0.2) is 0 Å². The van der Waals surface area contributed by atoms with Crippen LogP contribution in [0.4, 0.5) is 10.1 Å². The van der Waals surface area contributed by atoms with Crippen molar-refractivity contribution in [2.45, 2.75) is 53.1 Å². The molecule has 0 radical (unpaired) electrons. The Bertz CT molecular complexity index is 451. The van der Waals surface area contributed by atoms with Gasteiger partial charge in [0.25, 0.3) is 0 Å². The first-order valence-corrected chi connectivity index (χ1v) is 8.26. The maximum Gasteiger partial charge on any atom is 0.146 e. The average molecular weight is 292 g/mol. The summed E-state index contributed by atoms with van der Waals surface area (Å²) in [4.78, 5) is 2.22. The number of nitrogens with zero attached hydrogens (tertiary/aromatic N) is 1. The number of anilines is 1. The molecule has 0 aliphatic carbocycles. The molecule has 21 heavy (non-hydrogen) atoms. The molecule has 1 aromatic rings. The lowest BCUT2D eigenvalue weighted by atomic mass is 9.91. The van der Waals surface area contributed by atoms with Crippen molar-refractivity contribution in [1.82, 2.24) is 5.32 Å². The molecule has 0 saturated carbocycles. The monoisotopic (exact) mass is 292 g/mol. The van der Waals surface area contributed by atoms with Crippen LogP contribution in [0.25, 0.3) is 0 Å². The van der Waals surface area contributed by atoms with E-state index in [4.69, 9.17) is 0 Å². The Balaban J connectivity index is 2.11. The molecule has 1 aliphatic rings. The minimum Gasteiger partial charge on any atom is -0.369 e. The summed E-state index contributed by atoms with van der Waals surface area (Å²) in [5, 5.41) is 3.47. The molecule has 3 unspecified atom stereocenters. The lowest BCUT2D eigenvalue weighted by molar-refractivity contribution is 0.354. The molecule has 118 valence electrons. The van der Waals surface area contributed by atoms with Crippen molar-refractivity contribution in [1.29, 1.82) is 0 Å². The fourth-order valence-electron chi connectivity index (χ4n) is 3.21. The Morgan fingerprint density at radius 1 is 1.29 bits per heavy atom. The molecular weight excluding hydrogens is 263 g/mol. The van der Waals surface area contributed by atoms with Gasteiger partial charge < -0.3 is 10.2 Å². The summed E-state index contributed by atoms with van der Waals surface area (Å²) in [6, 6.07) is 6.03. The topological polar surface area (TPSA) is 15.3 Å². The fraction of sp³-hybridized carbons (Fsp3) is 0.667. The van der Waals surface area contributed by atoms with Gasteiger partial charge in [0, 0.05) is 25.7 Å². The maximum atomic E-state index is 14.2. The van der Waals surface area contributed by atoms with Crippen molar-refractivity contribution in [3.05, 3.63) is 29.6 Å². The van der Waals surface area contributed by atoms with E-state index in [-0.39, 0.29) is 5.82 Å². The van der Waals surface area contributed by atoms with Crippen molar-refractivity contribution in [2.24, 2.45) is 11.8 Å². The Labute approximate surface area is 128 Å². The summed E-state index contributed by atoms with van der Waals surface area (Å²) in [6.07, 6.45) is 2.35. The number of hydrogen-bond acceptors (Lipinski definition) is 2. The Kier molecular flexibility index (Phi) is 5.63. The summed E-state index contributed by atoms with van der Waals surface area (Å²) in [5.41, 5.74) is 1.94. The van der Waals surface area contributed by atoms with E-state index in [0.29, 0.717) is 17.9 Å². The van der Waals surface area contributed by atoms with E-state index in [2.05, 4.69) is 37.9 Å². The second kappa shape index (κ2) is 7.26. The molecule has 0 bridgehead atoms. The van der Waals surface area contributed by atoms with Crippen LogP contribution in [-0.2, 0) is 6.54 Å². The van der Waals surface area contributed by atoms with Gasteiger partial charge in [-0.25, -0.2) is 4.39 Å². The minimum atomic E-state index is -0.0939. The Morgan fingerprint density at radius 2 is 1.95 bits per heavy atom. The van der Waals surface area contributed by atoms with E-state index >= 15 is 0 Å². The molecule has 0 spiro atoms.